The second-order valence-electron chi connectivity index (χ2n) is 3.31. The van der Waals surface area contributed by atoms with E-state index in [1.54, 1.807) is 0 Å². The fourth-order valence-electron chi connectivity index (χ4n) is 1.31. The van der Waals surface area contributed by atoms with Crippen molar-refractivity contribution in [3.05, 3.63) is 53.9 Å². The smallest absolute Gasteiger partial charge is 0.358 e. The second-order valence-corrected chi connectivity index (χ2v) is 3.31. The van der Waals surface area contributed by atoms with Gasteiger partial charge in [-0.15, -0.1) is 0 Å². The third-order valence-corrected chi connectivity index (χ3v) is 2.11. The van der Waals surface area contributed by atoms with Gasteiger partial charge in [0.15, 0.2) is 23.0 Å². The van der Waals surface area contributed by atoms with E-state index in [9.17, 15) is 13.6 Å². The van der Waals surface area contributed by atoms with Crippen molar-refractivity contribution in [1.29, 1.82) is 0 Å². The van der Waals surface area contributed by atoms with Crippen molar-refractivity contribution in [2.45, 2.75) is 0 Å². The van der Waals surface area contributed by atoms with Gasteiger partial charge in [0.2, 0.25) is 5.82 Å². The summed E-state index contributed by atoms with van der Waals surface area (Å²) in [6.07, 6.45) is 1.26. The van der Waals surface area contributed by atoms with E-state index in [4.69, 9.17) is 9.84 Å². The monoisotopic (exact) mass is 251 g/mol. The second kappa shape index (κ2) is 4.79. The standard InChI is InChI=1S/C12H7F2NO3/c13-7-3-1-4-8(10(7)14)18-9-5-2-6-15-11(9)12(16)17/h1-6H,(H,16,17). The van der Waals surface area contributed by atoms with E-state index in [2.05, 4.69) is 4.98 Å². The molecule has 18 heavy (non-hydrogen) atoms. The zero-order chi connectivity index (χ0) is 13.1. The Morgan fingerprint density at radius 1 is 1.17 bits per heavy atom. The quantitative estimate of drug-likeness (QED) is 0.911. The molecule has 0 aliphatic heterocycles. The number of hydrogen-bond acceptors (Lipinski definition) is 3. The van der Waals surface area contributed by atoms with E-state index in [0.29, 0.717) is 0 Å². The number of aromatic nitrogens is 1. The van der Waals surface area contributed by atoms with Gasteiger partial charge in [-0.2, -0.15) is 4.39 Å². The summed E-state index contributed by atoms with van der Waals surface area (Å²) >= 11 is 0. The lowest BCUT2D eigenvalue weighted by Gasteiger charge is -2.08. The fraction of sp³-hybridized carbons (Fsp3) is 0. The molecule has 2 rings (SSSR count). The Bertz CT molecular complexity index is 602. The molecule has 0 saturated carbocycles. The zero-order valence-corrected chi connectivity index (χ0v) is 8.93. The van der Waals surface area contributed by atoms with Gasteiger partial charge in [0.25, 0.3) is 0 Å². The van der Waals surface area contributed by atoms with Gasteiger partial charge in [-0.25, -0.2) is 14.2 Å². The molecule has 1 aromatic carbocycles. The van der Waals surface area contributed by atoms with Crippen molar-refractivity contribution < 1.29 is 23.4 Å². The molecule has 6 heteroatoms. The molecule has 0 aliphatic rings. The van der Waals surface area contributed by atoms with Crippen LogP contribution in [0, 0.1) is 11.6 Å². The average Bonchev–Trinajstić information content (AvgIpc) is 2.35. The number of halogens is 2. The number of rotatable bonds is 3. The zero-order valence-electron chi connectivity index (χ0n) is 8.93. The molecule has 0 spiro atoms. The molecule has 0 aliphatic carbocycles. The molecular weight excluding hydrogens is 244 g/mol. The van der Waals surface area contributed by atoms with E-state index >= 15 is 0 Å². The minimum Gasteiger partial charge on any atom is -0.476 e. The van der Waals surface area contributed by atoms with Crippen molar-refractivity contribution in [2.24, 2.45) is 0 Å². The summed E-state index contributed by atoms with van der Waals surface area (Å²) in [5.74, 6) is -4.13. The van der Waals surface area contributed by atoms with Crippen LogP contribution in [0.25, 0.3) is 0 Å². The summed E-state index contributed by atoms with van der Waals surface area (Å²) in [6, 6.07) is 6.12. The molecule has 1 N–H and O–H groups in total. The summed E-state index contributed by atoms with van der Waals surface area (Å²) in [7, 11) is 0. The number of nitrogens with zero attached hydrogens (tertiary/aromatic N) is 1. The SMILES string of the molecule is O=C(O)c1ncccc1Oc1cccc(F)c1F. The number of benzene rings is 1. The van der Waals surface area contributed by atoms with Gasteiger partial charge in [0.1, 0.15) is 0 Å². The first-order valence-corrected chi connectivity index (χ1v) is 4.90. The number of ether oxygens (including phenoxy) is 1. The van der Waals surface area contributed by atoms with Crippen LogP contribution in [0.3, 0.4) is 0 Å². The number of pyridine rings is 1. The summed E-state index contributed by atoms with van der Waals surface area (Å²) in [5.41, 5.74) is -0.374. The predicted molar refractivity (Wildman–Crippen MR) is 57.6 cm³/mol. The Balaban J connectivity index is 2.40. The first-order chi connectivity index (χ1) is 8.59. The third-order valence-electron chi connectivity index (χ3n) is 2.11. The van der Waals surface area contributed by atoms with Crippen molar-refractivity contribution in [3.8, 4) is 11.5 Å². The molecular formula is C12H7F2NO3. The molecule has 0 unspecified atom stereocenters. The van der Waals surface area contributed by atoms with Crippen molar-refractivity contribution >= 4 is 5.97 Å². The number of carboxylic acids is 1. The molecule has 92 valence electrons. The van der Waals surface area contributed by atoms with Crippen molar-refractivity contribution in [3.63, 3.8) is 0 Å². The Labute approximate surface area is 100 Å². The highest BCUT2D eigenvalue weighted by molar-refractivity contribution is 5.88. The molecule has 0 radical (unpaired) electrons. The van der Waals surface area contributed by atoms with E-state index in [1.807, 2.05) is 0 Å². The van der Waals surface area contributed by atoms with Crippen LogP contribution in [-0.4, -0.2) is 16.1 Å². The van der Waals surface area contributed by atoms with E-state index in [-0.39, 0.29) is 11.4 Å². The number of aromatic carboxylic acids is 1. The molecule has 0 amide bonds. The van der Waals surface area contributed by atoms with Crippen LogP contribution in [0.2, 0.25) is 0 Å². The molecule has 2 aromatic rings. The highest BCUT2D eigenvalue weighted by Crippen LogP contribution is 2.27. The van der Waals surface area contributed by atoms with Crippen LogP contribution in [0.4, 0.5) is 8.78 Å². The van der Waals surface area contributed by atoms with Crippen LogP contribution in [0.5, 0.6) is 11.5 Å². The van der Waals surface area contributed by atoms with Gasteiger partial charge in [0.05, 0.1) is 0 Å². The Morgan fingerprint density at radius 3 is 2.61 bits per heavy atom. The van der Waals surface area contributed by atoms with Gasteiger partial charge >= 0.3 is 5.97 Å². The van der Waals surface area contributed by atoms with Crippen LogP contribution in [-0.2, 0) is 0 Å². The summed E-state index contributed by atoms with van der Waals surface area (Å²) in [6.45, 7) is 0. The third kappa shape index (κ3) is 2.27. The molecule has 0 fully saturated rings. The maximum Gasteiger partial charge on any atom is 0.358 e. The van der Waals surface area contributed by atoms with Crippen LogP contribution < -0.4 is 4.74 Å². The molecule has 0 bridgehead atoms. The highest BCUT2D eigenvalue weighted by Gasteiger charge is 2.16. The number of hydrogen-bond donors (Lipinski definition) is 1. The molecule has 0 saturated heterocycles. The molecule has 0 atom stereocenters. The largest absolute Gasteiger partial charge is 0.476 e. The maximum absolute atomic E-state index is 13.4. The van der Waals surface area contributed by atoms with Crippen molar-refractivity contribution in [1.82, 2.24) is 4.98 Å². The van der Waals surface area contributed by atoms with Gasteiger partial charge in [-0.05, 0) is 24.3 Å². The maximum atomic E-state index is 13.4. The van der Waals surface area contributed by atoms with Crippen molar-refractivity contribution in [2.75, 3.05) is 0 Å². The van der Waals surface area contributed by atoms with Gasteiger partial charge in [-0.1, -0.05) is 6.07 Å². The molecule has 4 nitrogen and oxygen atoms in total. The van der Waals surface area contributed by atoms with E-state index in [1.165, 1.54) is 30.5 Å². The Morgan fingerprint density at radius 2 is 1.89 bits per heavy atom. The lowest BCUT2D eigenvalue weighted by Crippen LogP contribution is -2.03. The lowest BCUT2D eigenvalue weighted by atomic mass is 10.3. The van der Waals surface area contributed by atoms with Gasteiger partial charge in [0, 0.05) is 6.20 Å². The predicted octanol–water partition coefficient (Wildman–Crippen LogP) is 2.85. The first kappa shape index (κ1) is 12.0. The van der Waals surface area contributed by atoms with Crippen LogP contribution >= 0.6 is 0 Å². The number of carbonyl (C=O) groups is 1. The van der Waals surface area contributed by atoms with E-state index in [0.717, 1.165) is 6.07 Å². The topological polar surface area (TPSA) is 59.4 Å². The Kier molecular flexibility index (Phi) is 3.18. The van der Waals surface area contributed by atoms with Crippen LogP contribution in [0.15, 0.2) is 36.5 Å². The summed E-state index contributed by atoms with van der Waals surface area (Å²) < 4.78 is 31.3. The van der Waals surface area contributed by atoms with E-state index < -0.39 is 23.4 Å². The molecule has 1 aromatic heterocycles. The Hall–Kier alpha value is -2.50. The lowest BCUT2D eigenvalue weighted by molar-refractivity contribution is 0.0687. The molecule has 1 heterocycles. The minimum absolute atomic E-state index is 0.158. The number of carboxylic acid groups (broad SMARTS) is 1. The van der Waals surface area contributed by atoms with Gasteiger partial charge in [-0.3, -0.25) is 0 Å². The fourth-order valence-corrected chi connectivity index (χ4v) is 1.31. The average molecular weight is 251 g/mol. The summed E-state index contributed by atoms with van der Waals surface area (Å²) in [4.78, 5) is 14.4. The first-order valence-electron chi connectivity index (χ1n) is 4.90. The minimum atomic E-state index is -1.32. The van der Waals surface area contributed by atoms with Crippen LogP contribution in [0.1, 0.15) is 10.5 Å². The van der Waals surface area contributed by atoms with Gasteiger partial charge < -0.3 is 9.84 Å². The highest BCUT2D eigenvalue weighted by atomic mass is 19.2. The summed E-state index contributed by atoms with van der Waals surface area (Å²) in [5, 5.41) is 8.86. The normalized spacial score (nSPS) is 10.1.